The molecule has 1 amide bonds. The molecule has 5 aromatic rings. The molecule has 0 spiro atoms. The van der Waals surface area contributed by atoms with E-state index in [9.17, 15) is 17.6 Å². The van der Waals surface area contributed by atoms with Crippen LogP contribution >= 0.6 is 0 Å². The van der Waals surface area contributed by atoms with Crippen molar-refractivity contribution in [1.29, 1.82) is 0 Å². The number of amides is 1. The van der Waals surface area contributed by atoms with Crippen molar-refractivity contribution >= 4 is 54.2 Å². The maximum atomic E-state index is 13.7. The van der Waals surface area contributed by atoms with Gasteiger partial charge in [-0.3, -0.25) is 14.7 Å². The van der Waals surface area contributed by atoms with Crippen molar-refractivity contribution in [3.8, 4) is 0 Å². The Bertz CT molecular complexity index is 1810. The van der Waals surface area contributed by atoms with E-state index in [2.05, 4.69) is 17.1 Å². The maximum absolute atomic E-state index is 13.7. The smallest absolute Gasteiger partial charge is 0.297 e. The third-order valence-corrected chi connectivity index (χ3v) is 8.12. The number of anilines is 1. The van der Waals surface area contributed by atoms with Crippen molar-refractivity contribution in [2.24, 2.45) is 0 Å². The zero-order chi connectivity index (χ0) is 25.9. The van der Waals surface area contributed by atoms with Crippen molar-refractivity contribution in [2.75, 3.05) is 19.0 Å². The highest BCUT2D eigenvalue weighted by Crippen LogP contribution is 2.46. The first-order chi connectivity index (χ1) is 17.8. The number of hydrogen-bond acceptors (Lipinski definition) is 5. The number of pyridine rings is 1. The summed E-state index contributed by atoms with van der Waals surface area (Å²) in [6.07, 6.45) is -0.299. The van der Waals surface area contributed by atoms with Crippen LogP contribution in [0, 0.1) is 5.82 Å². The summed E-state index contributed by atoms with van der Waals surface area (Å²) in [4.78, 5) is 19.2. The Hall–Kier alpha value is -3.92. The fraction of sp³-hybridized carbons (Fsp3) is 0.143. The first-order valence-corrected chi connectivity index (χ1v) is 13.0. The number of aromatic nitrogens is 1. The Morgan fingerprint density at radius 1 is 0.865 bits per heavy atom. The molecular formula is C28H22FN3O4S. The van der Waals surface area contributed by atoms with Gasteiger partial charge in [-0.2, -0.15) is 12.7 Å². The second-order valence-electron chi connectivity index (χ2n) is 9.13. The second kappa shape index (κ2) is 8.58. The minimum Gasteiger partial charge on any atom is -0.297 e. The highest BCUT2D eigenvalue weighted by atomic mass is 32.2. The molecule has 1 aliphatic heterocycles. The van der Waals surface area contributed by atoms with Crippen LogP contribution < -0.4 is 4.90 Å². The second-order valence-corrected chi connectivity index (χ2v) is 10.9. The molecule has 4 aromatic carbocycles. The number of carbonyl (C=O) groups is 1. The van der Waals surface area contributed by atoms with Crippen molar-refractivity contribution < 1.29 is 21.8 Å². The molecule has 1 aliphatic rings. The van der Waals surface area contributed by atoms with Gasteiger partial charge in [-0.05, 0) is 45.1 Å². The number of rotatable bonds is 5. The Balaban J connectivity index is 1.59. The van der Waals surface area contributed by atoms with Gasteiger partial charge in [0.15, 0.2) is 6.10 Å². The number of carbonyl (C=O) groups excluding carboxylic acids is 1. The predicted octanol–water partition coefficient (Wildman–Crippen LogP) is 4.96. The molecular weight excluding hydrogens is 493 g/mol. The third-order valence-electron chi connectivity index (χ3n) is 6.78. The van der Waals surface area contributed by atoms with Crippen LogP contribution in [0.15, 0.2) is 85.1 Å². The molecule has 0 saturated carbocycles. The van der Waals surface area contributed by atoms with E-state index >= 15 is 0 Å². The molecule has 186 valence electrons. The van der Waals surface area contributed by atoms with Crippen molar-refractivity contribution in [3.63, 3.8) is 0 Å². The van der Waals surface area contributed by atoms with Gasteiger partial charge in [-0.25, -0.2) is 8.57 Å². The Morgan fingerprint density at radius 2 is 1.54 bits per heavy atom. The molecule has 7 nitrogen and oxygen atoms in total. The first-order valence-electron chi connectivity index (χ1n) is 11.6. The molecule has 0 bridgehead atoms. The van der Waals surface area contributed by atoms with Gasteiger partial charge >= 0.3 is 10.3 Å². The highest BCUT2D eigenvalue weighted by molar-refractivity contribution is 7.84. The van der Waals surface area contributed by atoms with E-state index in [0.29, 0.717) is 11.4 Å². The summed E-state index contributed by atoms with van der Waals surface area (Å²) in [6.45, 7) is 0. The quantitative estimate of drug-likeness (QED) is 0.244. The van der Waals surface area contributed by atoms with E-state index in [-0.39, 0.29) is 0 Å². The fourth-order valence-corrected chi connectivity index (χ4v) is 5.55. The Morgan fingerprint density at radius 3 is 2.24 bits per heavy atom. The highest BCUT2D eigenvalue weighted by Gasteiger charge is 2.53. The lowest BCUT2D eigenvalue weighted by Crippen LogP contribution is -2.61. The Labute approximate surface area is 213 Å². The molecule has 0 unspecified atom stereocenters. The summed E-state index contributed by atoms with van der Waals surface area (Å²) in [5.41, 5.74) is 0.921. The van der Waals surface area contributed by atoms with Gasteiger partial charge in [0, 0.05) is 19.5 Å². The largest absolute Gasteiger partial charge is 0.338 e. The number of benzene rings is 4. The van der Waals surface area contributed by atoms with Crippen LogP contribution in [0.3, 0.4) is 0 Å². The van der Waals surface area contributed by atoms with Gasteiger partial charge in [0.25, 0.3) is 5.91 Å². The van der Waals surface area contributed by atoms with E-state index in [0.717, 1.165) is 42.8 Å². The summed E-state index contributed by atoms with van der Waals surface area (Å²) >= 11 is 0. The van der Waals surface area contributed by atoms with Crippen molar-refractivity contribution in [2.45, 2.75) is 12.1 Å². The molecule has 0 radical (unpaired) electrons. The van der Waals surface area contributed by atoms with Crippen LogP contribution in [0.25, 0.3) is 32.3 Å². The summed E-state index contributed by atoms with van der Waals surface area (Å²) in [5, 5.41) is 5.84. The van der Waals surface area contributed by atoms with E-state index < -0.39 is 34.2 Å². The minimum atomic E-state index is -4.17. The van der Waals surface area contributed by atoms with E-state index in [1.165, 1.54) is 31.1 Å². The van der Waals surface area contributed by atoms with Gasteiger partial charge in [-0.15, -0.1) is 0 Å². The van der Waals surface area contributed by atoms with Crippen LogP contribution in [0.5, 0.6) is 0 Å². The maximum Gasteiger partial charge on any atom is 0.338 e. The summed E-state index contributed by atoms with van der Waals surface area (Å²) in [7, 11) is -1.52. The number of fused-ring (bicyclic) bond motifs is 5. The van der Waals surface area contributed by atoms with E-state index in [4.69, 9.17) is 4.18 Å². The molecule has 1 saturated heterocycles. The van der Waals surface area contributed by atoms with Gasteiger partial charge < -0.3 is 0 Å². The average molecular weight is 516 g/mol. The van der Waals surface area contributed by atoms with Crippen LogP contribution in [0.2, 0.25) is 0 Å². The number of halogens is 1. The summed E-state index contributed by atoms with van der Waals surface area (Å²) < 4.78 is 45.0. The topological polar surface area (TPSA) is 79.8 Å². The molecule has 2 heterocycles. The van der Waals surface area contributed by atoms with Crippen molar-refractivity contribution in [1.82, 2.24) is 9.29 Å². The molecule has 1 aromatic heterocycles. The molecule has 37 heavy (non-hydrogen) atoms. The van der Waals surface area contributed by atoms with Gasteiger partial charge in [-0.1, -0.05) is 60.7 Å². The summed E-state index contributed by atoms with van der Waals surface area (Å²) in [6, 6.07) is 23.6. The average Bonchev–Trinajstić information content (AvgIpc) is 2.90. The normalized spacial score (nSPS) is 18.2. The number of nitrogens with zero attached hydrogens (tertiary/aromatic N) is 3. The minimum absolute atomic E-state index is 0.321. The molecule has 2 atom stereocenters. The molecule has 0 N–H and O–H groups in total. The van der Waals surface area contributed by atoms with Gasteiger partial charge in [0.1, 0.15) is 11.9 Å². The van der Waals surface area contributed by atoms with Crippen LogP contribution in [-0.2, 0) is 19.3 Å². The predicted molar refractivity (Wildman–Crippen MR) is 141 cm³/mol. The molecule has 0 aliphatic carbocycles. The van der Waals surface area contributed by atoms with Crippen molar-refractivity contribution in [3.05, 3.63) is 96.6 Å². The molecule has 9 heteroatoms. The SMILES string of the molecule is CN(C)S(=O)(=O)O[C@@H]1C(=O)N(c2cc3c4ccccc4ccc3c3ccccc23)[C@H]1c1ccc(F)cn1. The lowest BCUT2D eigenvalue weighted by atomic mass is 9.90. The van der Waals surface area contributed by atoms with E-state index in [1.54, 1.807) is 0 Å². The van der Waals surface area contributed by atoms with Crippen LogP contribution in [0.4, 0.5) is 10.1 Å². The third kappa shape index (κ3) is 3.74. The monoisotopic (exact) mass is 515 g/mol. The standard InChI is InChI=1S/C28H22FN3O4S/c1-31(2)37(34,35)36-27-26(24-14-12-18(29)16-30-24)32(28(27)33)25-15-23-19-8-4-3-7-17(19)11-13-21(23)20-9-5-6-10-22(20)25/h3-16,26-27H,1-2H3/t26-,27-/m0/s1. The van der Waals surface area contributed by atoms with Gasteiger partial charge in [0.05, 0.1) is 17.6 Å². The fourth-order valence-electron chi connectivity index (χ4n) is 4.93. The van der Waals surface area contributed by atoms with Crippen LogP contribution in [-0.4, -0.2) is 43.8 Å². The van der Waals surface area contributed by atoms with E-state index in [1.807, 2.05) is 54.6 Å². The van der Waals surface area contributed by atoms with Crippen LogP contribution in [0.1, 0.15) is 11.7 Å². The first kappa shape index (κ1) is 23.5. The van der Waals surface area contributed by atoms with Gasteiger partial charge in [0.2, 0.25) is 0 Å². The lowest BCUT2D eigenvalue weighted by Gasteiger charge is -2.46. The molecule has 6 rings (SSSR count). The molecule has 1 fully saturated rings. The summed E-state index contributed by atoms with van der Waals surface area (Å²) in [5.74, 6) is -1.06. The number of hydrogen-bond donors (Lipinski definition) is 0. The Kier molecular flexibility index (Phi) is 5.45. The lowest BCUT2D eigenvalue weighted by molar-refractivity contribution is -0.135. The number of β-lactam (4-membered cyclic amide) rings is 1. The zero-order valence-corrected chi connectivity index (χ0v) is 20.8. The zero-order valence-electron chi connectivity index (χ0n) is 20.0.